The van der Waals surface area contributed by atoms with Crippen LogP contribution in [0.1, 0.15) is 40.1 Å². The first kappa shape index (κ1) is 20.1. The fourth-order valence-electron chi connectivity index (χ4n) is 3.29. The molecule has 4 rings (SSSR count). The number of benzene rings is 1. The van der Waals surface area contributed by atoms with Gasteiger partial charge < -0.3 is 0 Å². The summed E-state index contributed by atoms with van der Waals surface area (Å²) in [6, 6.07) is 11.7. The Morgan fingerprint density at radius 1 is 1.10 bits per heavy atom. The van der Waals surface area contributed by atoms with Gasteiger partial charge in [0.25, 0.3) is 0 Å². The maximum atomic E-state index is 12.5. The summed E-state index contributed by atoms with van der Waals surface area (Å²) >= 11 is 2.87. The summed E-state index contributed by atoms with van der Waals surface area (Å²) in [6.45, 7) is 5.94. The maximum Gasteiger partial charge on any atom is -0.0434 e. The van der Waals surface area contributed by atoms with E-state index in [0.29, 0.717) is 5.56 Å². The molecule has 0 bridgehead atoms. The summed E-state index contributed by atoms with van der Waals surface area (Å²) in [5.41, 5.74) is 5.90. The van der Waals surface area contributed by atoms with Crippen molar-refractivity contribution in [2.24, 2.45) is 0 Å². The van der Waals surface area contributed by atoms with Crippen LogP contribution in [-0.2, 0) is 0 Å². The van der Waals surface area contributed by atoms with Gasteiger partial charge in [0.1, 0.15) is 0 Å². The predicted molar refractivity (Wildman–Crippen MR) is 119 cm³/mol. The van der Waals surface area contributed by atoms with E-state index in [2.05, 4.69) is 48.9 Å². The van der Waals surface area contributed by atoms with Crippen LogP contribution in [0.4, 0.5) is 11.4 Å². The first-order valence-electron chi connectivity index (χ1n) is 9.53. The number of hydrogen-bond donors (Lipinski definition) is 2. The summed E-state index contributed by atoms with van der Waals surface area (Å²) in [7, 11) is 0. The topological polar surface area (TPSA) is 84.7 Å². The van der Waals surface area contributed by atoms with Gasteiger partial charge in [0.15, 0.2) is 0 Å². The largest absolute Gasteiger partial charge is 0.0434 e. The fraction of sp³-hybridized carbons (Fsp3) is 0.182. The number of pyridine rings is 2. The number of rotatable bonds is 5. The van der Waals surface area contributed by atoms with Crippen LogP contribution in [0.2, 0.25) is 0 Å². The molecule has 2 N–H and O–H groups in total. The molecule has 0 aliphatic heterocycles. The Balaban J connectivity index is 1.50. The molecule has 7 nitrogen and oxygen atoms in total. The fourth-order valence-corrected chi connectivity index (χ4v) is 3.86. The van der Waals surface area contributed by atoms with E-state index < -0.39 is 0 Å². The summed E-state index contributed by atoms with van der Waals surface area (Å²) < 4.78 is 1.66. The molecule has 3 aromatic heterocycles. The molecule has 0 unspecified atom stereocenters. The van der Waals surface area contributed by atoms with Crippen LogP contribution in [-0.4, -0.2) is 40.9 Å². The first-order valence-corrected chi connectivity index (χ1v) is 10.3. The minimum atomic E-state index is -0.178. The molecule has 1 radical (unpaired) electrons. The van der Waals surface area contributed by atoms with Gasteiger partial charge in [-0.1, -0.05) is 0 Å². The smallest absolute Gasteiger partial charge is 0.0434 e. The monoisotopic (exact) mass is 465 g/mol. The summed E-state index contributed by atoms with van der Waals surface area (Å²) in [5.74, 6) is -0.178. The summed E-state index contributed by atoms with van der Waals surface area (Å²) in [4.78, 5) is 21.1. The molecule has 1 aromatic carbocycles. The average molecular weight is 464 g/mol. The van der Waals surface area contributed by atoms with Crippen LogP contribution in [0.25, 0.3) is 11.0 Å². The van der Waals surface area contributed by atoms with E-state index in [-0.39, 0.29) is 11.9 Å². The van der Waals surface area contributed by atoms with Gasteiger partial charge in [0, 0.05) is 12.4 Å². The van der Waals surface area contributed by atoms with E-state index in [1.165, 1.54) is 0 Å². The minimum absolute atomic E-state index is 0.0188. The van der Waals surface area contributed by atoms with Crippen molar-refractivity contribution in [1.82, 2.24) is 18.8 Å². The molecule has 151 valence electrons. The van der Waals surface area contributed by atoms with Gasteiger partial charge in [0.2, 0.25) is 0 Å². The molecule has 0 aliphatic carbocycles. The maximum absolute atomic E-state index is 12.5. The second-order valence-electron chi connectivity index (χ2n) is 7.25. The van der Waals surface area contributed by atoms with Crippen molar-refractivity contribution >= 4 is 44.5 Å². The van der Waals surface area contributed by atoms with Crippen LogP contribution in [0.15, 0.2) is 55.0 Å². The zero-order valence-corrected chi connectivity index (χ0v) is 18.6. The van der Waals surface area contributed by atoms with Crippen LogP contribution in [0.5, 0.6) is 0 Å². The number of nitrogens with one attached hydrogen (secondary N) is 2. The molecule has 0 fully saturated rings. The van der Waals surface area contributed by atoms with Gasteiger partial charge in [-0.05, 0) is 18.6 Å². The summed E-state index contributed by atoms with van der Waals surface area (Å²) in [6.07, 6.45) is 5.09. The van der Waals surface area contributed by atoms with E-state index in [0.717, 1.165) is 39.2 Å². The van der Waals surface area contributed by atoms with Gasteiger partial charge in [-0.2, -0.15) is 0 Å². The Morgan fingerprint density at radius 3 is 2.73 bits per heavy atom. The van der Waals surface area contributed by atoms with E-state index in [1.54, 1.807) is 22.3 Å². The van der Waals surface area contributed by atoms with E-state index in [1.807, 2.05) is 50.2 Å². The minimum Gasteiger partial charge on any atom is -0.0434 e. The van der Waals surface area contributed by atoms with Crippen molar-refractivity contribution in [2.75, 3.05) is 10.6 Å². The number of fused-ring (bicyclic) bond motifs is 1. The molecule has 0 aliphatic rings. The van der Waals surface area contributed by atoms with Crippen LogP contribution >= 0.6 is 0 Å². The Labute approximate surface area is 183 Å². The number of hydrogen-bond acceptors (Lipinski definition) is 5. The zero-order chi connectivity index (χ0) is 21.3. The van der Waals surface area contributed by atoms with Crippen LogP contribution in [0.3, 0.4) is 0 Å². The van der Waals surface area contributed by atoms with Crippen LogP contribution < -0.4 is 10.6 Å². The number of nitrogens with zero attached hydrogens (tertiary/aromatic N) is 4. The first-order chi connectivity index (χ1) is 14.4. The van der Waals surface area contributed by atoms with Gasteiger partial charge in [-0.3, -0.25) is 9.78 Å². The average Bonchev–Trinajstić information content (AvgIpc) is 3.01. The Morgan fingerprint density at radius 2 is 1.93 bits per heavy atom. The van der Waals surface area contributed by atoms with Gasteiger partial charge >= 0.3 is 137 Å². The van der Waals surface area contributed by atoms with E-state index in [9.17, 15) is 4.79 Å². The molecule has 30 heavy (non-hydrogen) atoms. The Kier molecular flexibility index (Phi) is 5.52. The van der Waals surface area contributed by atoms with Crippen molar-refractivity contribution in [3.63, 3.8) is 0 Å². The summed E-state index contributed by atoms with van der Waals surface area (Å²) in [5, 5.41) is 11.8. The molecule has 4 aromatic rings. The zero-order valence-electron chi connectivity index (χ0n) is 16.9. The molecule has 0 spiro atoms. The number of carbonyl (C=O) groups is 1. The van der Waals surface area contributed by atoms with Crippen molar-refractivity contribution < 1.29 is 4.79 Å². The standard InChI is InChI=1S/C22H21N6OSe/c1-13-7-17(11-23-10-13)22(29)26-18-6-4-5-16(8-18)14(2)25-19-9-20-15(3)27-28(30)21(20)24-12-19/h4-12,14,25H,1-3H3,(H,26,29)/t14-/m0/s1. The van der Waals surface area contributed by atoms with Gasteiger partial charge in [-0.15, -0.1) is 0 Å². The molecular formula is C22H21N6OSe. The predicted octanol–water partition coefficient (Wildman–Crippen LogP) is 3.80. The van der Waals surface area contributed by atoms with Crippen molar-refractivity contribution in [3.8, 4) is 0 Å². The van der Waals surface area contributed by atoms with Crippen molar-refractivity contribution in [2.45, 2.75) is 26.8 Å². The number of amides is 1. The SMILES string of the molecule is Cc1cncc(C(=O)Nc2cccc([C@H](C)Nc3cnc4c(c3)c(C)nn4[Se])c2)c1. The Hall–Kier alpha value is -3.22. The van der Waals surface area contributed by atoms with E-state index >= 15 is 0 Å². The second kappa shape index (κ2) is 8.26. The van der Waals surface area contributed by atoms with Crippen molar-refractivity contribution in [1.29, 1.82) is 0 Å². The number of aryl methyl sites for hydroxylation is 2. The molecule has 1 atom stereocenters. The molecule has 8 heteroatoms. The third-order valence-electron chi connectivity index (χ3n) is 4.84. The van der Waals surface area contributed by atoms with E-state index in [4.69, 9.17) is 0 Å². The molecule has 0 saturated carbocycles. The molecular weight excluding hydrogens is 443 g/mol. The number of aromatic nitrogens is 4. The second-order valence-corrected chi connectivity index (χ2v) is 7.98. The third kappa shape index (κ3) is 4.20. The quantitative estimate of drug-likeness (QED) is 0.439. The molecule has 0 saturated heterocycles. The number of anilines is 2. The van der Waals surface area contributed by atoms with Gasteiger partial charge in [-0.25, -0.2) is 0 Å². The molecule has 3 heterocycles. The normalized spacial score (nSPS) is 12.0. The number of carbonyl (C=O) groups excluding carboxylic acids is 1. The van der Waals surface area contributed by atoms with Crippen molar-refractivity contribution in [3.05, 3.63) is 77.4 Å². The molecule has 1 amide bonds. The third-order valence-corrected chi connectivity index (χ3v) is 5.38. The van der Waals surface area contributed by atoms with Gasteiger partial charge in [0.05, 0.1) is 5.56 Å². The Bertz CT molecular complexity index is 1240. The van der Waals surface area contributed by atoms with Crippen LogP contribution in [0, 0.1) is 13.8 Å².